The lowest BCUT2D eigenvalue weighted by atomic mass is 10.2. The Labute approximate surface area is 366 Å². The molecule has 0 saturated heterocycles. The van der Waals surface area contributed by atoms with Crippen LogP contribution in [-0.2, 0) is 104 Å². The third-order valence-electron chi connectivity index (χ3n) is 5.89. The van der Waals surface area contributed by atoms with E-state index in [2.05, 4.69) is 67.9 Å². The van der Waals surface area contributed by atoms with E-state index in [1.54, 1.807) is 0 Å². The summed E-state index contributed by atoms with van der Waals surface area (Å²) in [7, 11) is -41.6. The average molecular weight is 1120 g/mol. The highest BCUT2D eigenvalue weighted by Gasteiger charge is 2.20. The molecule has 0 heterocycles. The summed E-state index contributed by atoms with van der Waals surface area (Å²) >= 11 is 0. The van der Waals surface area contributed by atoms with E-state index < -0.39 is 193 Å². The van der Waals surface area contributed by atoms with Gasteiger partial charge in [0.25, 0.3) is 62.6 Å². The van der Waals surface area contributed by atoms with Gasteiger partial charge in [-0.2, -0.15) is 11.1 Å². The van der Waals surface area contributed by atoms with Crippen LogP contribution in [0.3, 0.4) is 0 Å². The van der Waals surface area contributed by atoms with E-state index in [-0.39, 0.29) is 0 Å². The van der Waals surface area contributed by atoms with E-state index in [4.69, 9.17) is 10.00 Å². The van der Waals surface area contributed by atoms with Gasteiger partial charge in [0, 0.05) is 31.5 Å². The predicted octanol–water partition coefficient (Wildman–Crippen LogP) is -4.85. The first-order chi connectivity index (χ1) is 29.9. The van der Waals surface area contributed by atoms with Crippen LogP contribution < -0.4 is 50.2 Å². The van der Waals surface area contributed by atoms with Crippen LogP contribution in [0.25, 0.3) is 0 Å². The van der Waals surface area contributed by atoms with Crippen LogP contribution in [0, 0.1) is 11.8 Å². The zero-order chi connectivity index (χ0) is 49.9. The molecule has 0 aliphatic rings. The summed E-state index contributed by atoms with van der Waals surface area (Å²) in [5, 5.41) is 8.95. The number of nitrogens with one attached hydrogen (secondary N) is 2. The van der Waals surface area contributed by atoms with Crippen molar-refractivity contribution in [1.82, 2.24) is 11.1 Å². The number of phosphoric ester groups is 8. The molecular weight excluding hydrogens is 1080 g/mol. The van der Waals surface area contributed by atoms with Crippen LogP contribution >= 0.6 is 62.6 Å². The molecule has 10 atom stereocenters. The number of rotatable bonds is 44. The molecule has 4 N–H and O–H groups in total. The largest absolute Gasteiger partial charge is 0.756 e. The van der Waals surface area contributed by atoms with E-state index in [1.165, 1.54) is 5.54 Å². The molecule has 0 aromatic heterocycles. The van der Waals surface area contributed by atoms with Crippen molar-refractivity contribution in [1.29, 1.82) is 0 Å². The van der Waals surface area contributed by atoms with E-state index in [0.29, 0.717) is 0 Å². The van der Waals surface area contributed by atoms with Gasteiger partial charge in [0.15, 0.2) is 0 Å². The summed E-state index contributed by atoms with van der Waals surface area (Å²) in [6, 6.07) is 0. The molecule has 0 bridgehead atoms. The lowest BCUT2D eigenvalue weighted by Crippen LogP contribution is -2.27. The van der Waals surface area contributed by atoms with Gasteiger partial charge in [0.2, 0.25) is 0 Å². The van der Waals surface area contributed by atoms with E-state index >= 15 is 0 Å². The Morgan fingerprint density at radius 3 is 0.738 bits per heavy atom. The smallest absolute Gasteiger partial charge is 0.268 e. The molecule has 0 aliphatic carbocycles. The topological polar surface area (TPSA) is 524 Å². The molecule has 0 aromatic rings. The monoisotopic (exact) mass is 1120 g/mol. The number of halogens is 2. The molecule has 10 unspecified atom stereocenters. The van der Waals surface area contributed by atoms with Crippen molar-refractivity contribution < 1.29 is 162 Å². The van der Waals surface area contributed by atoms with Crippen molar-refractivity contribution in [2.45, 2.75) is 0 Å². The summed E-state index contributed by atoms with van der Waals surface area (Å²) < 4.78 is 181. The van der Waals surface area contributed by atoms with Gasteiger partial charge in [-0.1, -0.05) is 0 Å². The van der Waals surface area contributed by atoms with Crippen molar-refractivity contribution in [2.24, 2.45) is 11.8 Å². The Balaban J connectivity index is 4.27. The standard InChI is InChI=1S/C20H50F2N2O33P8/c21-23-13-19(15-25)16-56-64(39,40)53-11-9-51-62(35,36)49-7-5-47-60(31,32)45-3-1-43-59(29,30)44-2-4-46-61(33,34)48-6-8-50-63(37,38)52-10-12-54-65(41,42)57-18-20(14-24-22)17-55-58(26,27)28/h19-20,23-25H,1-18H2,(H,29,30)(H,31,32)(H,33,34)(H,35,36)(H,37,38)(H,39,40)(H,41,42)(H2,26,27,28)/p-8. The molecule has 0 saturated carbocycles. The second kappa shape index (κ2) is 32.6. The second-order valence-corrected chi connectivity index (χ2v) is 22.1. The minimum atomic E-state index is -5.26. The normalized spacial score (nSPS) is 20.7. The van der Waals surface area contributed by atoms with Crippen LogP contribution in [-0.4, -0.2) is 129 Å². The van der Waals surface area contributed by atoms with Gasteiger partial charge < -0.3 is 117 Å². The molecule has 0 amide bonds. The first-order valence-electron chi connectivity index (χ1n) is 17.0. The van der Waals surface area contributed by atoms with Gasteiger partial charge in [-0.25, -0.2) is 0 Å². The van der Waals surface area contributed by atoms with Crippen molar-refractivity contribution in [3.63, 3.8) is 0 Å². The number of aliphatic hydroxyl groups is 1. The summed E-state index contributed by atoms with van der Waals surface area (Å²) in [6.45, 7) is -16.3. The van der Waals surface area contributed by atoms with Crippen LogP contribution in [0.1, 0.15) is 0 Å². The summed E-state index contributed by atoms with van der Waals surface area (Å²) in [4.78, 5) is 101. The maximum Gasteiger partial charge on any atom is 0.268 e. The quantitative estimate of drug-likeness (QED) is 0.0252. The number of aliphatic hydroxyl groups excluding tert-OH is 1. The SMILES string of the molecule is O=P([O-])(O)OCC(CNF)COP(=O)([O-])OCCOP(=O)([O-])OCCOP(=O)([O-])OCCOP(=O)([O-])OCCOP(=O)([O-])OCCOP(=O)([O-])OCCOP(=O)([O-])OCC(CO)CNF. The Hall–Kier alpha value is 0.620. The molecule has 0 aromatic carbocycles. The number of hydrogen-bond acceptors (Lipinski definition) is 34. The van der Waals surface area contributed by atoms with Crippen molar-refractivity contribution in [2.75, 3.05) is 119 Å². The van der Waals surface area contributed by atoms with Gasteiger partial charge in [-0.3, -0.25) is 36.5 Å². The highest BCUT2D eigenvalue weighted by Crippen LogP contribution is 2.45. The fraction of sp³-hybridized carbons (Fsp3) is 1.00. The highest BCUT2D eigenvalue weighted by atomic mass is 31.2. The summed E-state index contributed by atoms with van der Waals surface area (Å²) in [5.41, 5.74) is 2.28. The van der Waals surface area contributed by atoms with Gasteiger partial charge in [0.05, 0.1) is 99.1 Å². The minimum Gasteiger partial charge on any atom is -0.756 e. The van der Waals surface area contributed by atoms with Crippen LogP contribution in [0.2, 0.25) is 0 Å². The summed E-state index contributed by atoms with van der Waals surface area (Å²) in [5.74, 6) is -2.24. The van der Waals surface area contributed by atoms with Gasteiger partial charge in [-0.15, -0.1) is 8.96 Å². The maximum atomic E-state index is 12.3. The molecule has 0 fully saturated rings. The molecule has 45 heteroatoms. The Kier molecular flexibility index (Phi) is 32.9. The average Bonchev–Trinajstić information content (AvgIpc) is 3.18. The second-order valence-electron chi connectivity index (χ2n) is 11.1. The van der Waals surface area contributed by atoms with Crippen LogP contribution in [0.4, 0.5) is 8.96 Å². The van der Waals surface area contributed by atoms with Gasteiger partial charge in [-0.05, 0) is 0 Å². The van der Waals surface area contributed by atoms with E-state index in [1.807, 2.05) is 0 Å². The Morgan fingerprint density at radius 1 is 0.354 bits per heavy atom. The fourth-order valence-corrected chi connectivity index (χ4v) is 8.49. The number of phosphoric acid groups is 8. The molecule has 0 rings (SSSR count). The maximum absolute atomic E-state index is 12.3. The Morgan fingerprint density at radius 2 is 0.538 bits per heavy atom. The first-order valence-corrected chi connectivity index (χ1v) is 28.8. The van der Waals surface area contributed by atoms with Gasteiger partial charge in [0.1, 0.15) is 0 Å². The highest BCUT2D eigenvalue weighted by molar-refractivity contribution is 7.47. The van der Waals surface area contributed by atoms with Gasteiger partial charge >= 0.3 is 0 Å². The van der Waals surface area contributed by atoms with Crippen molar-refractivity contribution in [3.05, 3.63) is 0 Å². The third-order valence-corrected chi connectivity index (χ3v) is 13.3. The molecule has 0 aliphatic heterocycles. The lowest BCUT2D eigenvalue weighted by molar-refractivity contribution is -0.238. The fourth-order valence-electron chi connectivity index (χ4n) is 3.20. The number of hydrogen-bond donors (Lipinski definition) is 4. The molecule has 0 radical (unpaired) electrons. The third kappa shape index (κ3) is 39.0. The molecule has 0 spiro atoms. The first kappa shape index (κ1) is 65.6. The van der Waals surface area contributed by atoms with Crippen LogP contribution in [0.15, 0.2) is 0 Å². The molecule has 65 heavy (non-hydrogen) atoms. The lowest BCUT2D eigenvalue weighted by Gasteiger charge is -2.27. The van der Waals surface area contributed by atoms with Crippen molar-refractivity contribution in [3.8, 4) is 0 Å². The molecular formula is C20H42F2N2O33P8-8. The minimum absolute atomic E-state index is 0.448. The predicted molar refractivity (Wildman–Crippen MR) is 185 cm³/mol. The molecule has 392 valence electrons. The van der Waals surface area contributed by atoms with Crippen LogP contribution in [0.5, 0.6) is 0 Å². The zero-order valence-electron chi connectivity index (χ0n) is 32.8. The molecule has 35 nitrogen and oxygen atoms in total. The summed E-state index contributed by atoms with van der Waals surface area (Å²) in [6.07, 6.45) is 0. The zero-order valence-corrected chi connectivity index (χ0v) is 39.9. The van der Waals surface area contributed by atoms with Crippen molar-refractivity contribution >= 4 is 62.6 Å². The van der Waals surface area contributed by atoms with E-state index in [9.17, 15) is 84.6 Å². The Bertz CT molecular complexity index is 1730. The van der Waals surface area contributed by atoms with E-state index in [0.717, 1.165) is 5.54 Å².